The number of carbonyl (C=O) groups is 1. The number of hydrogen-bond donors (Lipinski definition) is 2. The number of nitrogens with one attached hydrogen (secondary N) is 1. The summed E-state index contributed by atoms with van der Waals surface area (Å²) < 4.78 is 0.986. The molecule has 0 radical (unpaired) electrons. The Kier molecular flexibility index (Phi) is 4.40. The minimum Gasteiger partial charge on any atom is -0.330 e. The van der Waals surface area contributed by atoms with Gasteiger partial charge in [-0.05, 0) is 56.0 Å². The van der Waals surface area contributed by atoms with Crippen molar-refractivity contribution < 1.29 is 4.79 Å². The zero-order valence-corrected chi connectivity index (χ0v) is 12.2. The number of rotatable bonds is 3. The van der Waals surface area contributed by atoms with E-state index < -0.39 is 0 Å². The summed E-state index contributed by atoms with van der Waals surface area (Å²) in [5.41, 5.74) is 7.70. The first kappa shape index (κ1) is 13.6. The van der Waals surface area contributed by atoms with Crippen LogP contribution in [0.2, 0.25) is 0 Å². The predicted octanol–water partition coefficient (Wildman–Crippen LogP) is 3.07. The van der Waals surface area contributed by atoms with E-state index in [1.165, 1.54) is 0 Å². The summed E-state index contributed by atoms with van der Waals surface area (Å²) in [6, 6.07) is 5.93. The van der Waals surface area contributed by atoms with E-state index in [1.807, 2.05) is 25.1 Å². The molecule has 1 saturated carbocycles. The van der Waals surface area contributed by atoms with E-state index in [4.69, 9.17) is 5.73 Å². The molecular formula is C14H19BrN2O. The van der Waals surface area contributed by atoms with Gasteiger partial charge in [-0.2, -0.15) is 0 Å². The maximum absolute atomic E-state index is 12.2. The molecule has 0 aliphatic heterocycles. The summed E-state index contributed by atoms with van der Waals surface area (Å²) in [5, 5.41) is 3.01. The maximum Gasteiger partial charge on any atom is 0.227 e. The molecule has 18 heavy (non-hydrogen) atoms. The highest BCUT2D eigenvalue weighted by Crippen LogP contribution is 2.32. The first-order chi connectivity index (χ1) is 8.60. The van der Waals surface area contributed by atoms with Crippen molar-refractivity contribution in [2.24, 2.45) is 17.6 Å². The molecule has 98 valence electrons. The highest BCUT2D eigenvalue weighted by atomic mass is 79.9. The lowest BCUT2D eigenvalue weighted by Crippen LogP contribution is -2.29. The zero-order chi connectivity index (χ0) is 13.1. The van der Waals surface area contributed by atoms with Gasteiger partial charge >= 0.3 is 0 Å². The second-order valence-electron chi connectivity index (χ2n) is 5.04. The summed E-state index contributed by atoms with van der Waals surface area (Å²) in [4.78, 5) is 12.2. The van der Waals surface area contributed by atoms with E-state index in [1.54, 1.807) is 0 Å². The Morgan fingerprint density at radius 2 is 2.22 bits per heavy atom. The van der Waals surface area contributed by atoms with Crippen LogP contribution >= 0.6 is 15.9 Å². The van der Waals surface area contributed by atoms with E-state index in [9.17, 15) is 4.79 Å². The number of nitrogens with two attached hydrogens (primary N) is 1. The number of benzene rings is 1. The Bertz CT molecular complexity index is 427. The summed E-state index contributed by atoms with van der Waals surface area (Å²) in [7, 11) is 0. The van der Waals surface area contributed by atoms with Crippen molar-refractivity contribution in [1.82, 2.24) is 0 Å². The molecule has 1 aliphatic carbocycles. The highest BCUT2D eigenvalue weighted by molar-refractivity contribution is 9.10. The SMILES string of the molecule is Cc1cc(Br)cc(NC(=O)C2CCCC2CN)c1. The van der Waals surface area contributed by atoms with Crippen molar-refractivity contribution in [3.05, 3.63) is 28.2 Å². The fraction of sp³-hybridized carbons (Fsp3) is 0.500. The maximum atomic E-state index is 12.2. The number of amides is 1. The van der Waals surface area contributed by atoms with Gasteiger partial charge in [-0.3, -0.25) is 4.79 Å². The molecule has 1 aromatic rings. The summed E-state index contributed by atoms with van der Waals surface area (Å²) in [6.45, 7) is 2.62. The first-order valence-corrected chi connectivity index (χ1v) is 7.17. The number of aryl methyl sites for hydroxylation is 1. The number of hydrogen-bond acceptors (Lipinski definition) is 2. The van der Waals surface area contributed by atoms with Gasteiger partial charge < -0.3 is 11.1 Å². The van der Waals surface area contributed by atoms with Crippen LogP contribution in [0.1, 0.15) is 24.8 Å². The second-order valence-corrected chi connectivity index (χ2v) is 5.96. The molecule has 1 amide bonds. The second kappa shape index (κ2) is 5.85. The van der Waals surface area contributed by atoms with Gasteiger partial charge in [-0.25, -0.2) is 0 Å². The third kappa shape index (κ3) is 3.12. The standard InChI is InChI=1S/C14H19BrN2O/c1-9-5-11(15)7-12(6-9)17-14(18)13-4-2-3-10(13)8-16/h5-7,10,13H,2-4,8,16H2,1H3,(H,17,18). The third-order valence-electron chi connectivity index (χ3n) is 3.61. The van der Waals surface area contributed by atoms with Crippen LogP contribution in [0.3, 0.4) is 0 Å². The number of carbonyl (C=O) groups excluding carboxylic acids is 1. The van der Waals surface area contributed by atoms with E-state index in [2.05, 4.69) is 21.2 Å². The molecule has 1 fully saturated rings. The molecule has 2 atom stereocenters. The topological polar surface area (TPSA) is 55.1 Å². The van der Waals surface area contributed by atoms with Crippen LogP contribution in [0.25, 0.3) is 0 Å². The lowest BCUT2D eigenvalue weighted by atomic mass is 9.95. The minimum atomic E-state index is 0.0780. The fourth-order valence-corrected chi connectivity index (χ4v) is 3.32. The third-order valence-corrected chi connectivity index (χ3v) is 4.07. The molecule has 0 aromatic heterocycles. The fourth-order valence-electron chi connectivity index (χ4n) is 2.71. The largest absolute Gasteiger partial charge is 0.330 e. The Morgan fingerprint density at radius 3 is 2.89 bits per heavy atom. The Hall–Kier alpha value is -0.870. The average Bonchev–Trinajstić information content (AvgIpc) is 2.75. The van der Waals surface area contributed by atoms with Gasteiger partial charge in [0.1, 0.15) is 0 Å². The molecular weight excluding hydrogens is 292 g/mol. The van der Waals surface area contributed by atoms with Gasteiger partial charge in [0.25, 0.3) is 0 Å². The van der Waals surface area contributed by atoms with Crippen molar-refractivity contribution in [1.29, 1.82) is 0 Å². The van der Waals surface area contributed by atoms with Gasteiger partial charge in [-0.1, -0.05) is 22.4 Å². The molecule has 4 heteroatoms. The lowest BCUT2D eigenvalue weighted by molar-refractivity contribution is -0.120. The van der Waals surface area contributed by atoms with Crippen LogP contribution in [0, 0.1) is 18.8 Å². The highest BCUT2D eigenvalue weighted by Gasteiger charge is 2.31. The molecule has 0 spiro atoms. The van der Waals surface area contributed by atoms with Crippen molar-refractivity contribution >= 4 is 27.5 Å². The Labute approximate surface area is 116 Å². The molecule has 0 heterocycles. The lowest BCUT2D eigenvalue weighted by Gasteiger charge is -2.17. The zero-order valence-electron chi connectivity index (χ0n) is 10.6. The molecule has 3 N–H and O–H groups in total. The van der Waals surface area contributed by atoms with Gasteiger partial charge in [0.05, 0.1) is 0 Å². The summed E-state index contributed by atoms with van der Waals surface area (Å²) >= 11 is 3.44. The summed E-state index contributed by atoms with van der Waals surface area (Å²) in [5.74, 6) is 0.535. The molecule has 2 unspecified atom stereocenters. The van der Waals surface area contributed by atoms with Crippen LogP contribution in [-0.2, 0) is 4.79 Å². The molecule has 1 aliphatic rings. The van der Waals surface area contributed by atoms with Crippen molar-refractivity contribution in [2.75, 3.05) is 11.9 Å². The normalized spacial score (nSPS) is 23.1. The van der Waals surface area contributed by atoms with Crippen LogP contribution in [0.5, 0.6) is 0 Å². The summed E-state index contributed by atoms with van der Waals surface area (Å²) in [6.07, 6.45) is 3.14. The van der Waals surface area contributed by atoms with Crippen LogP contribution < -0.4 is 11.1 Å². The van der Waals surface area contributed by atoms with Crippen LogP contribution in [-0.4, -0.2) is 12.5 Å². The average molecular weight is 311 g/mol. The van der Waals surface area contributed by atoms with Gasteiger partial charge in [0.15, 0.2) is 0 Å². The van der Waals surface area contributed by atoms with Gasteiger partial charge in [0.2, 0.25) is 5.91 Å². The first-order valence-electron chi connectivity index (χ1n) is 6.38. The van der Waals surface area contributed by atoms with Crippen LogP contribution in [0.4, 0.5) is 5.69 Å². The van der Waals surface area contributed by atoms with Crippen LogP contribution in [0.15, 0.2) is 22.7 Å². The van der Waals surface area contributed by atoms with Crippen molar-refractivity contribution in [3.8, 4) is 0 Å². The Balaban J connectivity index is 2.06. The van der Waals surface area contributed by atoms with E-state index >= 15 is 0 Å². The van der Waals surface area contributed by atoms with Crippen molar-refractivity contribution in [2.45, 2.75) is 26.2 Å². The number of halogens is 1. The molecule has 1 aromatic carbocycles. The van der Waals surface area contributed by atoms with E-state index in [-0.39, 0.29) is 11.8 Å². The van der Waals surface area contributed by atoms with Gasteiger partial charge in [0, 0.05) is 16.1 Å². The van der Waals surface area contributed by atoms with E-state index in [0.717, 1.165) is 35.0 Å². The smallest absolute Gasteiger partial charge is 0.227 e. The van der Waals surface area contributed by atoms with E-state index in [0.29, 0.717) is 12.5 Å². The number of anilines is 1. The monoisotopic (exact) mass is 310 g/mol. The molecule has 3 nitrogen and oxygen atoms in total. The predicted molar refractivity (Wildman–Crippen MR) is 77.4 cm³/mol. The minimum absolute atomic E-state index is 0.0780. The molecule has 0 saturated heterocycles. The molecule has 2 rings (SSSR count). The Morgan fingerprint density at radius 1 is 1.44 bits per heavy atom. The molecule has 0 bridgehead atoms. The van der Waals surface area contributed by atoms with Crippen molar-refractivity contribution in [3.63, 3.8) is 0 Å². The van der Waals surface area contributed by atoms with Gasteiger partial charge in [-0.15, -0.1) is 0 Å². The quantitative estimate of drug-likeness (QED) is 0.901.